The Hall–Kier alpha value is -2.28. The minimum Gasteiger partial charge on any atom is -0.352 e. The van der Waals surface area contributed by atoms with Gasteiger partial charge < -0.3 is 10.2 Å². The second kappa shape index (κ2) is 8.01. The Bertz CT molecular complexity index is 679. The maximum atomic E-state index is 12.9. The van der Waals surface area contributed by atoms with Gasteiger partial charge in [0, 0.05) is 25.7 Å². The third-order valence-corrected chi connectivity index (χ3v) is 4.74. The molecule has 0 bridgehead atoms. The second-order valence-corrected chi connectivity index (χ2v) is 6.55. The van der Waals surface area contributed by atoms with Gasteiger partial charge in [0.2, 0.25) is 11.9 Å². The van der Waals surface area contributed by atoms with E-state index in [-0.39, 0.29) is 5.91 Å². The molecule has 1 aliphatic heterocycles. The summed E-state index contributed by atoms with van der Waals surface area (Å²) >= 11 is 1.61. The quantitative estimate of drug-likeness (QED) is 0.846. The SMILES string of the molecule is O=C(C=Cc1ccsc1)NCC1CCN(c2ncc(F)cn2)CC1. The van der Waals surface area contributed by atoms with Crippen LogP contribution in [0.5, 0.6) is 0 Å². The zero-order chi connectivity index (χ0) is 16.8. The lowest BCUT2D eigenvalue weighted by molar-refractivity contribution is -0.116. The van der Waals surface area contributed by atoms with Crippen LogP contribution in [0.2, 0.25) is 0 Å². The first-order valence-corrected chi connectivity index (χ1v) is 8.85. The van der Waals surface area contributed by atoms with Crippen molar-refractivity contribution < 1.29 is 9.18 Å². The van der Waals surface area contributed by atoms with Gasteiger partial charge in [-0.3, -0.25) is 4.79 Å². The van der Waals surface area contributed by atoms with Gasteiger partial charge in [-0.25, -0.2) is 14.4 Å². The zero-order valence-corrected chi connectivity index (χ0v) is 14.0. The van der Waals surface area contributed by atoms with Gasteiger partial charge in [0.05, 0.1) is 12.4 Å². The molecule has 1 N–H and O–H groups in total. The maximum absolute atomic E-state index is 12.9. The number of halogens is 1. The van der Waals surface area contributed by atoms with Crippen LogP contribution < -0.4 is 10.2 Å². The first-order chi connectivity index (χ1) is 11.7. The third kappa shape index (κ3) is 4.61. The largest absolute Gasteiger partial charge is 0.352 e. The lowest BCUT2D eigenvalue weighted by atomic mass is 9.97. The average molecular weight is 346 g/mol. The molecule has 2 aromatic rings. The molecule has 3 heterocycles. The van der Waals surface area contributed by atoms with Gasteiger partial charge in [-0.1, -0.05) is 0 Å². The summed E-state index contributed by atoms with van der Waals surface area (Å²) < 4.78 is 12.9. The Kier molecular flexibility index (Phi) is 5.53. The second-order valence-electron chi connectivity index (χ2n) is 5.77. The molecule has 0 aromatic carbocycles. The Balaban J connectivity index is 1.40. The monoisotopic (exact) mass is 346 g/mol. The van der Waals surface area contributed by atoms with Crippen molar-refractivity contribution in [3.8, 4) is 0 Å². The van der Waals surface area contributed by atoms with Gasteiger partial charge in [0.15, 0.2) is 5.82 Å². The predicted molar refractivity (Wildman–Crippen MR) is 93.3 cm³/mol. The molecule has 0 aliphatic carbocycles. The van der Waals surface area contributed by atoms with Crippen LogP contribution in [0.1, 0.15) is 18.4 Å². The number of amides is 1. The molecule has 1 amide bonds. The molecular weight excluding hydrogens is 327 g/mol. The van der Waals surface area contributed by atoms with Crippen molar-refractivity contribution in [3.05, 3.63) is 46.7 Å². The molecular formula is C17H19FN4OS. The summed E-state index contributed by atoms with van der Waals surface area (Å²) in [5.41, 5.74) is 1.04. The minimum absolute atomic E-state index is 0.0644. The molecule has 3 rings (SSSR count). The summed E-state index contributed by atoms with van der Waals surface area (Å²) in [6.07, 6.45) is 7.68. The molecule has 0 atom stereocenters. The van der Waals surface area contributed by atoms with Crippen molar-refractivity contribution in [1.29, 1.82) is 0 Å². The summed E-state index contributed by atoms with van der Waals surface area (Å²) in [7, 11) is 0. The van der Waals surface area contributed by atoms with E-state index in [0.717, 1.165) is 31.5 Å². The van der Waals surface area contributed by atoms with Gasteiger partial charge >= 0.3 is 0 Å². The van der Waals surface area contributed by atoms with Crippen LogP contribution in [-0.4, -0.2) is 35.5 Å². The molecule has 2 aromatic heterocycles. The number of carbonyl (C=O) groups excluding carboxylic acids is 1. The predicted octanol–water partition coefficient (Wildman–Crippen LogP) is 2.72. The fraction of sp³-hybridized carbons (Fsp3) is 0.353. The van der Waals surface area contributed by atoms with E-state index in [2.05, 4.69) is 15.3 Å². The van der Waals surface area contributed by atoms with Crippen molar-refractivity contribution in [1.82, 2.24) is 15.3 Å². The summed E-state index contributed by atoms with van der Waals surface area (Å²) in [4.78, 5) is 21.9. The fourth-order valence-electron chi connectivity index (χ4n) is 2.65. The van der Waals surface area contributed by atoms with Crippen molar-refractivity contribution in [2.24, 2.45) is 5.92 Å². The Morgan fingerprint density at radius 3 is 2.79 bits per heavy atom. The Morgan fingerprint density at radius 2 is 2.12 bits per heavy atom. The van der Waals surface area contributed by atoms with E-state index in [1.807, 2.05) is 27.8 Å². The number of thiophene rings is 1. The highest BCUT2D eigenvalue weighted by Gasteiger charge is 2.21. The van der Waals surface area contributed by atoms with Crippen molar-refractivity contribution in [2.45, 2.75) is 12.8 Å². The minimum atomic E-state index is -0.424. The third-order valence-electron chi connectivity index (χ3n) is 4.04. The van der Waals surface area contributed by atoms with Gasteiger partial charge in [-0.2, -0.15) is 11.3 Å². The van der Waals surface area contributed by atoms with Crippen LogP contribution in [-0.2, 0) is 4.79 Å². The van der Waals surface area contributed by atoms with Gasteiger partial charge in [-0.15, -0.1) is 0 Å². The molecule has 0 unspecified atom stereocenters. The first-order valence-electron chi connectivity index (χ1n) is 7.91. The molecule has 1 saturated heterocycles. The summed E-state index contributed by atoms with van der Waals surface area (Å²) in [5, 5.41) is 6.93. The van der Waals surface area contributed by atoms with E-state index in [4.69, 9.17) is 0 Å². The van der Waals surface area contributed by atoms with E-state index < -0.39 is 5.82 Å². The molecule has 0 radical (unpaired) electrons. The Morgan fingerprint density at radius 1 is 1.38 bits per heavy atom. The number of anilines is 1. The van der Waals surface area contributed by atoms with Gasteiger partial charge in [0.1, 0.15) is 0 Å². The summed E-state index contributed by atoms with van der Waals surface area (Å²) in [5.74, 6) is 0.523. The number of nitrogens with zero attached hydrogens (tertiary/aromatic N) is 3. The standard InChI is InChI=1S/C17H19FN4OS/c18-15-10-20-17(21-11-15)22-6-3-13(4-7-22)9-19-16(23)2-1-14-5-8-24-12-14/h1-2,5,8,10-13H,3-4,6-7,9H2,(H,19,23). The molecule has 126 valence electrons. The molecule has 7 heteroatoms. The van der Waals surface area contributed by atoms with Crippen LogP contribution in [0.3, 0.4) is 0 Å². The lowest BCUT2D eigenvalue weighted by Crippen LogP contribution is -2.39. The maximum Gasteiger partial charge on any atom is 0.244 e. The number of carbonyl (C=O) groups is 1. The van der Waals surface area contributed by atoms with Crippen molar-refractivity contribution >= 4 is 29.3 Å². The van der Waals surface area contributed by atoms with E-state index in [1.165, 1.54) is 12.4 Å². The van der Waals surface area contributed by atoms with Gasteiger partial charge in [-0.05, 0) is 47.2 Å². The van der Waals surface area contributed by atoms with Crippen LogP contribution in [0.4, 0.5) is 10.3 Å². The molecule has 1 fully saturated rings. The fourth-order valence-corrected chi connectivity index (χ4v) is 3.28. The number of piperidine rings is 1. The number of rotatable bonds is 5. The van der Waals surface area contributed by atoms with Crippen LogP contribution in [0.25, 0.3) is 6.08 Å². The number of aromatic nitrogens is 2. The van der Waals surface area contributed by atoms with Crippen molar-refractivity contribution in [2.75, 3.05) is 24.5 Å². The van der Waals surface area contributed by atoms with E-state index in [0.29, 0.717) is 18.4 Å². The molecule has 0 saturated carbocycles. The zero-order valence-electron chi connectivity index (χ0n) is 13.2. The average Bonchev–Trinajstić information content (AvgIpc) is 3.13. The van der Waals surface area contributed by atoms with Crippen molar-refractivity contribution in [3.63, 3.8) is 0 Å². The highest BCUT2D eigenvalue weighted by Crippen LogP contribution is 2.19. The summed E-state index contributed by atoms with van der Waals surface area (Å²) in [6, 6.07) is 1.97. The molecule has 24 heavy (non-hydrogen) atoms. The van der Waals surface area contributed by atoms with E-state index in [9.17, 15) is 9.18 Å². The molecule has 0 spiro atoms. The normalized spacial score (nSPS) is 15.8. The molecule has 5 nitrogen and oxygen atoms in total. The van der Waals surface area contributed by atoms with E-state index in [1.54, 1.807) is 17.4 Å². The first kappa shape index (κ1) is 16.6. The number of nitrogens with one attached hydrogen (secondary N) is 1. The lowest BCUT2D eigenvalue weighted by Gasteiger charge is -2.31. The van der Waals surface area contributed by atoms with Crippen LogP contribution >= 0.6 is 11.3 Å². The number of hydrogen-bond acceptors (Lipinski definition) is 5. The van der Waals surface area contributed by atoms with Gasteiger partial charge in [0.25, 0.3) is 0 Å². The molecule has 1 aliphatic rings. The highest BCUT2D eigenvalue weighted by atomic mass is 32.1. The van der Waals surface area contributed by atoms with Crippen LogP contribution in [0.15, 0.2) is 35.3 Å². The number of hydrogen-bond donors (Lipinski definition) is 1. The Labute approximate surface area is 144 Å². The summed E-state index contributed by atoms with van der Waals surface area (Å²) in [6.45, 7) is 2.30. The van der Waals surface area contributed by atoms with Crippen LogP contribution in [0, 0.1) is 11.7 Å². The highest BCUT2D eigenvalue weighted by molar-refractivity contribution is 7.08. The topological polar surface area (TPSA) is 58.1 Å². The smallest absolute Gasteiger partial charge is 0.244 e. The van der Waals surface area contributed by atoms with E-state index >= 15 is 0 Å².